The second-order valence-electron chi connectivity index (χ2n) is 7.21. The summed E-state index contributed by atoms with van der Waals surface area (Å²) in [5.41, 5.74) is 2.66. The highest BCUT2D eigenvalue weighted by Crippen LogP contribution is 2.61. The molecule has 1 fully saturated rings. The Morgan fingerprint density at radius 1 is 1.37 bits per heavy atom. The Kier molecular flexibility index (Phi) is 2.48. The fraction of sp³-hybridized carbons (Fsp3) is 0.667. The molecule has 0 bridgehead atoms. The van der Waals surface area contributed by atoms with E-state index in [1.165, 1.54) is 11.3 Å². The Labute approximate surface area is 118 Å². The number of H-pyrrole nitrogens is 1. The number of anilines is 1. The lowest BCUT2D eigenvalue weighted by Gasteiger charge is -2.51. The molecule has 0 radical (unpaired) electrons. The van der Waals surface area contributed by atoms with Gasteiger partial charge in [-0.15, -0.1) is 11.8 Å². The predicted molar refractivity (Wildman–Crippen MR) is 82.0 cm³/mol. The van der Waals surface area contributed by atoms with Crippen LogP contribution >= 0.6 is 11.8 Å². The fourth-order valence-corrected chi connectivity index (χ4v) is 5.65. The molecule has 1 atom stereocenters. The van der Waals surface area contributed by atoms with Crippen LogP contribution in [0.4, 0.5) is 5.69 Å². The molecule has 1 N–H and O–H groups in total. The summed E-state index contributed by atoms with van der Waals surface area (Å²) in [5, 5.41) is 0. The van der Waals surface area contributed by atoms with Gasteiger partial charge >= 0.3 is 0 Å². The van der Waals surface area contributed by atoms with Crippen molar-refractivity contribution in [1.82, 2.24) is 4.98 Å². The average Bonchev–Trinajstić information content (AvgIpc) is 2.72. The smallest absolute Gasteiger partial charge is 0.248 e. The highest BCUT2D eigenvalue weighted by molar-refractivity contribution is 8.01. The highest BCUT2D eigenvalue weighted by atomic mass is 32.2. The SMILES string of the molecule is CC(C)(C)C12Cc3cc(=O)[nH]cc3N1CSC2(C)C. The van der Waals surface area contributed by atoms with Crippen molar-refractivity contribution in [3.8, 4) is 0 Å². The number of thioether (sulfide) groups is 1. The Hall–Kier alpha value is -0.900. The van der Waals surface area contributed by atoms with E-state index in [0.717, 1.165) is 12.3 Å². The van der Waals surface area contributed by atoms with Gasteiger partial charge in [0.15, 0.2) is 0 Å². The molecule has 1 aromatic heterocycles. The molecule has 3 nitrogen and oxygen atoms in total. The summed E-state index contributed by atoms with van der Waals surface area (Å²) < 4.78 is 0.174. The molecule has 104 valence electrons. The minimum Gasteiger partial charge on any atom is -0.353 e. The number of hydrogen-bond donors (Lipinski definition) is 1. The van der Waals surface area contributed by atoms with Gasteiger partial charge in [0.2, 0.25) is 5.56 Å². The van der Waals surface area contributed by atoms with Crippen LogP contribution in [-0.2, 0) is 6.42 Å². The number of fused-ring (bicyclic) bond motifs is 3. The van der Waals surface area contributed by atoms with Gasteiger partial charge in [0.25, 0.3) is 0 Å². The molecule has 1 aromatic rings. The van der Waals surface area contributed by atoms with Crippen LogP contribution in [0.5, 0.6) is 0 Å². The fourth-order valence-electron chi connectivity index (χ4n) is 4.11. The second kappa shape index (κ2) is 3.60. The van der Waals surface area contributed by atoms with E-state index in [1.54, 1.807) is 6.07 Å². The molecular formula is C15H22N2OS. The normalized spacial score (nSPS) is 28.4. The maximum absolute atomic E-state index is 11.6. The zero-order valence-electron chi connectivity index (χ0n) is 12.3. The lowest BCUT2D eigenvalue weighted by Crippen LogP contribution is -2.62. The minimum absolute atomic E-state index is 0.00874. The van der Waals surface area contributed by atoms with Crippen molar-refractivity contribution in [3.63, 3.8) is 0 Å². The van der Waals surface area contributed by atoms with Gasteiger partial charge in [-0.3, -0.25) is 4.79 Å². The van der Waals surface area contributed by atoms with Crippen LogP contribution in [0.1, 0.15) is 40.2 Å². The summed E-state index contributed by atoms with van der Waals surface area (Å²) in [4.78, 5) is 16.9. The van der Waals surface area contributed by atoms with E-state index in [9.17, 15) is 4.79 Å². The van der Waals surface area contributed by atoms with Gasteiger partial charge in [0, 0.05) is 17.0 Å². The van der Waals surface area contributed by atoms with E-state index in [-0.39, 0.29) is 21.3 Å². The van der Waals surface area contributed by atoms with Crippen molar-refractivity contribution >= 4 is 17.4 Å². The number of hydrogen-bond acceptors (Lipinski definition) is 3. The standard InChI is InChI=1S/C15H22N2OS/c1-13(2,3)15-7-10-6-12(18)16-8-11(10)17(15)9-19-14(15,4)5/h6,8H,7,9H2,1-5H3,(H,16,18). The van der Waals surface area contributed by atoms with E-state index >= 15 is 0 Å². The average molecular weight is 278 g/mol. The summed E-state index contributed by atoms with van der Waals surface area (Å²) in [6.07, 6.45) is 2.86. The number of aromatic amines is 1. The molecule has 1 saturated heterocycles. The lowest BCUT2D eigenvalue weighted by atomic mass is 9.65. The van der Waals surface area contributed by atoms with Crippen LogP contribution in [0.15, 0.2) is 17.1 Å². The molecule has 0 amide bonds. The minimum atomic E-state index is 0.00874. The molecule has 0 saturated carbocycles. The summed E-state index contributed by atoms with van der Waals surface area (Å²) in [5.74, 6) is 1.00. The Morgan fingerprint density at radius 3 is 2.68 bits per heavy atom. The molecule has 0 aliphatic carbocycles. The van der Waals surface area contributed by atoms with E-state index < -0.39 is 0 Å². The maximum atomic E-state index is 11.6. The molecule has 3 heterocycles. The van der Waals surface area contributed by atoms with E-state index in [1.807, 2.05) is 18.0 Å². The number of pyridine rings is 1. The van der Waals surface area contributed by atoms with Crippen LogP contribution in [-0.4, -0.2) is 21.1 Å². The van der Waals surface area contributed by atoms with Gasteiger partial charge in [0.05, 0.1) is 17.1 Å². The molecule has 3 rings (SSSR count). The third-order valence-corrected chi connectivity index (χ3v) is 6.42. The van der Waals surface area contributed by atoms with Crippen molar-refractivity contribution in [2.24, 2.45) is 5.41 Å². The first-order valence-corrected chi connectivity index (χ1v) is 7.81. The van der Waals surface area contributed by atoms with Crippen LogP contribution < -0.4 is 10.5 Å². The summed E-state index contributed by atoms with van der Waals surface area (Å²) in [7, 11) is 0. The third kappa shape index (κ3) is 1.49. The monoisotopic (exact) mass is 278 g/mol. The zero-order chi connectivity index (χ0) is 14.1. The van der Waals surface area contributed by atoms with Crippen LogP contribution in [0.2, 0.25) is 0 Å². The van der Waals surface area contributed by atoms with Gasteiger partial charge in [0.1, 0.15) is 0 Å². The van der Waals surface area contributed by atoms with Gasteiger partial charge in [-0.2, -0.15) is 0 Å². The van der Waals surface area contributed by atoms with Gasteiger partial charge < -0.3 is 9.88 Å². The molecular weight excluding hydrogens is 256 g/mol. The quantitative estimate of drug-likeness (QED) is 0.792. The van der Waals surface area contributed by atoms with Crippen molar-refractivity contribution in [2.75, 3.05) is 10.8 Å². The van der Waals surface area contributed by atoms with Gasteiger partial charge in [-0.1, -0.05) is 20.8 Å². The lowest BCUT2D eigenvalue weighted by molar-refractivity contribution is 0.158. The topological polar surface area (TPSA) is 36.1 Å². The Bertz CT molecular complexity index is 585. The maximum Gasteiger partial charge on any atom is 0.248 e. The number of aromatic nitrogens is 1. The molecule has 2 aliphatic rings. The third-order valence-electron chi connectivity index (χ3n) is 4.97. The summed E-state index contributed by atoms with van der Waals surface area (Å²) in [6.45, 7) is 11.7. The first kappa shape index (κ1) is 13.1. The predicted octanol–water partition coefficient (Wildman–Crippen LogP) is 3.01. The molecule has 1 unspecified atom stereocenters. The molecule has 19 heavy (non-hydrogen) atoms. The first-order valence-electron chi connectivity index (χ1n) is 6.82. The number of nitrogens with one attached hydrogen (secondary N) is 1. The summed E-state index contributed by atoms with van der Waals surface area (Å²) in [6, 6.07) is 1.78. The highest BCUT2D eigenvalue weighted by Gasteiger charge is 2.63. The van der Waals surface area contributed by atoms with E-state index in [2.05, 4.69) is 44.5 Å². The van der Waals surface area contributed by atoms with Crippen molar-refractivity contribution in [2.45, 2.75) is 51.3 Å². The van der Waals surface area contributed by atoms with Crippen LogP contribution in [0, 0.1) is 5.41 Å². The van der Waals surface area contributed by atoms with Crippen molar-refractivity contribution < 1.29 is 0 Å². The van der Waals surface area contributed by atoms with Crippen molar-refractivity contribution in [3.05, 3.63) is 28.2 Å². The molecule has 0 aromatic carbocycles. The Morgan fingerprint density at radius 2 is 2.05 bits per heavy atom. The van der Waals surface area contributed by atoms with Gasteiger partial charge in [-0.25, -0.2) is 0 Å². The van der Waals surface area contributed by atoms with Crippen LogP contribution in [0.3, 0.4) is 0 Å². The molecule has 4 heteroatoms. The summed E-state index contributed by atoms with van der Waals surface area (Å²) >= 11 is 2.02. The first-order chi connectivity index (χ1) is 8.69. The number of rotatable bonds is 0. The van der Waals surface area contributed by atoms with Crippen LogP contribution in [0.25, 0.3) is 0 Å². The number of nitrogens with zero attached hydrogens (tertiary/aromatic N) is 1. The van der Waals surface area contributed by atoms with Crippen molar-refractivity contribution in [1.29, 1.82) is 0 Å². The molecule has 0 spiro atoms. The Balaban J connectivity index is 2.23. The van der Waals surface area contributed by atoms with E-state index in [4.69, 9.17) is 0 Å². The molecule has 2 aliphatic heterocycles. The zero-order valence-corrected chi connectivity index (χ0v) is 13.1. The van der Waals surface area contributed by atoms with E-state index in [0.29, 0.717) is 0 Å². The van der Waals surface area contributed by atoms with Gasteiger partial charge in [-0.05, 0) is 31.2 Å². The largest absolute Gasteiger partial charge is 0.353 e. The second-order valence-corrected chi connectivity index (χ2v) is 8.77.